The van der Waals surface area contributed by atoms with Crippen molar-refractivity contribution in [1.29, 1.82) is 0 Å². The zero-order valence-electron chi connectivity index (χ0n) is 17.8. The second kappa shape index (κ2) is 9.42. The minimum absolute atomic E-state index is 0.114. The van der Waals surface area contributed by atoms with E-state index in [4.69, 9.17) is 16.3 Å². The first-order valence-corrected chi connectivity index (χ1v) is 11.7. The molecule has 0 bridgehead atoms. The van der Waals surface area contributed by atoms with E-state index in [1.54, 1.807) is 28.5 Å². The Morgan fingerprint density at radius 3 is 2.74 bits per heavy atom. The van der Waals surface area contributed by atoms with E-state index in [1.807, 2.05) is 36.4 Å². The van der Waals surface area contributed by atoms with Crippen LogP contribution in [0.2, 0.25) is 5.02 Å². The van der Waals surface area contributed by atoms with Crippen molar-refractivity contribution < 1.29 is 4.74 Å². The third-order valence-electron chi connectivity index (χ3n) is 5.13. The number of aromatic nitrogens is 4. The zero-order chi connectivity index (χ0) is 22.0. The van der Waals surface area contributed by atoms with Gasteiger partial charge in [-0.1, -0.05) is 47.6 Å². The SMILES string of the molecule is Cc1ccccc1CSc1nnc2n(CCCOC(C)C)c(=O)c3cc(Cl)ccc3n12. The highest BCUT2D eigenvalue weighted by Crippen LogP contribution is 2.26. The molecule has 162 valence electrons. The molecule has 0 unspecified atom stereocenters. The second-order valence-corrected chi connectivity index (χ2v) is 9.10. The lowest BCUT2D eigenvalue weighted by atomic mass is 10.1. The first-order chi connectivity index (χ1) is 15.0. The number of thioether (sulfide) groups is 1. The van der Waals surface area contributed by atoms with Gasteiger partial charge in [-0.05, 0) is 56.5 Å². The monoisotopic (exact) mass is 456 g/mol. The fraction of sp³-hybridized carbons (Fsp3) is 0.348. The van der Waals surface area contributed by atoms with Gasteiger partial charge >= 0.3 is 0 Å². The van der Waals surface area contributed by atoms with E-state index >= 15 is 0 Å². The maximum atomic E-state index is 13.2. The van der Waals surface area contributed by atoms with Gasteiger partial charge in [0.15, 0.2) is 5.16 Å². The molecule has 2 aromatic carbocycles. The fourth-order valence-corrected chi connectivity index (χ4v) is 4.70. The van der Waals surface area contributed by atoms with Gasteiger partial charge < -0.3 is 4.74 Å². The topological polar surface area (TPSA) is 61.4 Å². The van der Waals surface area contributed by atoms with Crippen molar-refractivity contribution in [1.82, 2.24) is 19.2 Å². The van der Waals surface area contributed by atoms with E-state index in [9.17, 15) is 4.79 Å². The number of fused-ring (bicyclic) bond motifs is 3. The van der Waals surface area contributed by atoms with Gasteiger partial charge in [0.05, 0.1) is 17.0 Å². The molecular formula is C23H25ClN4O2S. The summed E-state index contributed by atoms with van der Waals surface area (Å²) in [7, 11) is 0. The summed E-state index contributed by atoms with van der Waals surface area (Å²) in [6.45, 7) is 7.18. The van der Waals surface area contributed by atoms with Crippen LogP contribution in [0.3, 0.4) is 0 Å². The summed E-state index contributed by atoms with van der Waals surface area (Å²) in [5.41, 5.74) is 3.13. The van der Waals surface area contributed by atoms with Crippen molar-refractivity contribution >= 4 is 40.0 Å². The molecule has 4 aromatic rings. The van der Waals surface area contributed by atoms with Crippen LogP contribution in [0.5, 0.6) is 0 Å². The normalized spacial score (nSPS) is 11.8. The van der Waals surface area contributed by atoms with Gasteiger partial charge in [-0.3, -0.25) is 13.8 Å². The summed E-state index contributed by atoms with van der Waals surface area (Å²) < 4.78 is 9.27. The van der Waals surface area contributed by atoms with Crippen LogP contribution in [0.25, 0.3) is 16.7 Å². The third kappa shape index (κ3) is 4.63. The Bertz CT molecular complexity index is 1280. The Balaban J connectivity index is 1.76. The Labute approximate surface area is 190 Å². The van der Waals surface area contributed by atoms with E-state index in [0.717, 1.165) is 16.4 Å². The Morgan fingerprint density at radius 2 is 1.97 bits per heavy atom. The average Bonchev–Trinajstić information content (AvgIpc) is 3.16. The predicted octanol–water partition coefficient (Wildman–Crippen LogP) is 5.11. The molecule has 0 radical (unpaired) electrons. The summed E-state index contributed by atoms with van der Waals surface area (Å²) in [5, 5.41) is 10.6. The summed E-state index contributed by atoms with van der Waals surface area (Å²) in [6, 6.07) is 13.7. The smallest absolute Gasteiger partial charge is 0.262 e. The van der Waals surface area contributed by atoms with E-state index in [1.165, 1.54) is 11.1 Å². The van der Waals surface area contributed by atoms with Crippen molar-refractivity contribution in [2.75, 3.05) is 6.61 Å². The Hall–Kier alpha value is -2.35. The molecule has 8 heteroatoms. The summed E-state index contributed by atoms with van der Waals surface area (Å²) in [4.78, 5) is 13.2. The van der Waals surface area contributed by atoms with Gasteiger partial charge in [0.1, 0.15) is 0 Å². The number of benzene rings is 2. The molecule has 0 saturated carbocycles. The van der Waals surface area contributed by atoms with Gasteiger partial charge in [-0.25, -0.2) is 0 Å². The molecular weight excluding hydrogens is 432 g/mol. The number of ether oxygens (including phenoxy) is 1. The molecule has 0 aliphatic carbocycles. The Kier molecular flexibility index (Phi) is 6.65. The quantitative estimate of drug-likeness (QED) is 0.272. The molecule has 2 heterocycles. The maximum Gasteiger partial charge on any atom is 0.262 e. The molecule has 31 heavy (non-hydrogen) atoms. The maximum absolute atomic E-state index is 13.2. The lowest BCUT2D eigenvalue weighted by molar-refractivity contribution is 0.0748. The molecule has 0 atom stereocenters. The molecule has 0 fully saturated rings. The fourth-order valence-electron chi connectivity index (χ4n) is 3.51. The molecule has 0 saturated heterocycles. The highest BCUT2D eigenvalue weighted by molar-refractivity contribution is 7.98. The van der Waals surface area contributed by atoms with Crippen LogP contribution in [0, 0.1) is 6.92 Å². The van der Waals surface area contributed by atoms with Crippen LogP contribution in [-0.2, 0) is 17.0 Å². The summed E-state index contributed by atoms with van der Waals surface area (Å²) in [6.07, 6.45) is 0.864. The number of rotatable bonds is 8. The third-order valence-corrected chi connectivity index (χ3v) is 6.34. The zero-order valence-corrected chi connectivity index (χ0v) is 19.4. The van der Waals surface area contributed by atoms with Crippen LogP contribution < -0.4 is 5.56 Å². The van der Waals surface area contributed by atoms with E-state index in [-0.39, 0.29) is 11.7 Å². The van der Waals surface area contributed by atoms with E-state index < -0.39 is 0 Å². The second-order valence-electron chi connectivity index (χ2n) is 7.72. The molecule has 0 spiro atoms. The first kappa shape index (κ1) is 21.9. The van der Waals surface area contributed by atoms with Gasteiger partial charge in [0.25, 0.3) is 5.56 Å². The van der Waals surface area contributed by atoms with Crippen LogP contribution in [0.1, 0.15) is 31.4 Å². The largest absolute Gasteiger partial charge is 0.379 e. The first-order valence-electron chi connectivity index (χ1n) is 10.3. The minimum Gasteiger partial charge on any atom is -0.379 e. The summed E-state index contributed by atoms with van der Waals surface area (Å²) in [5.74, 6) is 1.31. The van der Waals surface area contributed by atoms with Crippen molar-refractivity contribution in [3.05, 3.63) is 69.0 Å². The van der Waals surface area contributed by atoms with Crippen LogP contribution in [0.4, 0.5) is 0 Å². The lowest BCUT2D eigenvalue weighted by Gasteiger charge is -2.12. The molecule has 4 rings (SSSR count). The van der Waals surface area contributed by atoms with Crippen molar-refractivity contribution in [2.45, 2.75) is 50.8 Å². The Morgan fingerprint density at radius 1 is 1.16 bits per heavy atom. The number of hydrogen-bond acceptors (Lipinski definition) is 5. The molecule has 0 aliphatic heterocycles. The van der Waals surface area contributed by atoms with Crippen molar-refractivity contribution in [2.24, 2.45) is 0 Å². The standard InChI is InChI=1S/C23H25ClN4O2S/c1-15(2)30-12-6-11-27-21(29)19-13-18(24)9-10-20(19)28-22(27)25-26-23(28)31-14-17-8-5-4-7-16(17)3/h4-5,7-10,13,15H,6,11-12,14H2,1-3H3. The molecule has 0 aliphatic rings. The van der Waals surface area contributed by atoms with Gasteiger partial charge in [-0.2, -0.15) is 0 Å². The highest BCUT2D eigenvalue weighted by Gasteiger charge is 2.17. The van der Waals surface area contributed by atoms with Crippen LogP contribution >= 0.6 is 23.4 Å². The molecule has 6 nitrogen and oxygen atoms in total. The molecule has 0 amide bonds. The number of hydrogen-bond donors (Lipinski definition) is 0. The molecule has 0 N–H and O–H groups in total. The van der Waals surface area contributed by atoms with Gasteiger partial charge in [0, 0.05) is 23.9 Å². The predicted molar refractivity (Wildman–Crippen MR) is 126 cm³/mol. The van der Waals surface area contributed by atoms with Crippen molar-refractivity contribution in [3.63, 3.8) is 0 Å². The number of halogens is 1. The molecule has 2 aromatic heterocycles. The van der Waals surface area contributed by atoms with Gasteiger partial charge in [-0.15, -0.1) is 10.2 Å². The summed E-state index contributed by atoms with van der Waals surface area (Å²) >= 11 is 7.82. The average molecular weight is 457 g/mol. The van der Waals surface area contributed by atoms with E-state index in [2.05, 4.69) is 29.3 Å². The number of aryl methyl sites for hydroxylation is 2. The highest BCUT2D eigenvalue weighted by atomic mass is 35.5. The van der Waals surface area contributed by atoms with Crippen molar-refractivity contribution in [3.8, 4) is 0 Å². The number of nitrogens with zero attached hydrogens (tertiary/aromatic N) is 4. The van der Waals surface area contributed by atoms with E-state index in [0.29, 0.717) is 35.8 Å². The van der Waals surface area contributed by atoms with Crippen LogP contribution in [0.15, 0.2) is 52.4 Å². The van der Waals surface area contributed by atoms with Gasteiger partial charge in [0.2, 0.25) is 5.78 Å². The minimum atomic E-state index is -0.114. The van der Waals surface area contributed by atoms with Crippen LogP contribution in [-0.4, -0.2) is 31.9 Å². The lowest BCUT2D eigenvalue weighted by Crippen LogP contribution is -2.24.